The molecule has 15 heavy (non-hydrogen) atoms. The smallest absolute Gasteiger partial charge is 0.0931 e. The van der Waals surface area contributed by atoms with E-state index in [2.05, 4.69) is 23.3 Å². The van der Waals surface area contributed by atoms with Gasteiger partial charge in [0.1, 0.15) is 0 Å². The van der Waals surface area contributed by atoms with Crippen LogP contribution < -0.4 is 5.32 Å². The van der Waals surface area contributed by atoms with Crippen LogP contribution in [0.15, 0.2) is 12.1 Å². The van der Waals surface area contributed by atoms with Crippen LogP contribution in [0.1, 0.15) is 11.3 Å². The van der Waals surface area contributed by atoms with Gasteiger partial charge in [0.15, 0.2) is 0 Å². The number of likely N-dealkylation sites (N-methyl/N-ethyl adjacent to an activating group) is 1. The van der Waals surface area contributed by atoms with Gasteiger partial charge in [0.25, 0.3) is 0 Å². The Morgan fingerprint density at radius 1 is 1.60 bits per heavy atom. The first kappa shape index (κ1) is 13.3. The molecule has 1 unspecified atom stereocenters. The van der Waals surface area contributed by atoms with Gasteiger partial charge in [-0.2, -0.15) is 0 Å². The maximum absolute atomic E-state index is 5.89. The van der Waals surface area contributed by atoms with Gasteiger partial charge >= 0.3 is 0 Å². The third kappa shape index (κ3) is 3.61. The van der Waals surface area contributed by atoms with E-state index in [1.165, 1.54) is 11.3 Å². The zero-order valence-corrected chi connectivity index (χ0v) is 11.1. The highest BCUT2D eigenvalue weighted by atomic mass is 35.5. The molecule has 1 atom stereocenters. The highest BCUT2D eigenvalue weighted by molar-refractivity contribution is 7.16. The molecule has 0 spiro atoms. The van der Waals surface area contributed by atoms with Gasteiger partial charge in [-0.15, -0.1) is 23.7 Å². The SMILES string of the molecule is CN(Cc1ccc(Cl)s1)C1CCNC1.Cl. The summed E-state index contributed by atoms with van der Waals surface area (Å²) in [7, 11) is 2.19. The molecule has 1 aliphatic rings. The van der Waals surface area contributed by atoms with Crippen molar-refractivity contribution in [3.05, 3.63) is 21.3 Å². The van der Waals surface area contributed by atoms with Gasteiger partial charge in [-0.3, -0.25) is 4.90 Å². The van der Waals surface area contributed by atoms with Crippen LogP contribution >= 0.6 is 35.3 Å². The molecule has 1 aliphatic heterocycles. The number of nitrogens with one attached hydrogen (secondary N) is 1. The van der Waals surface area contributed by atoms with Crippen LogP contribution in [0.4, 0.5) is 0 Å². The minimum atomic E-state index is 0. The van der Waals surface area contributed by atoms with Gasteiger partial charge in [0.05, 0.1) is 4.34 Å². The number of hydrogen-bond acceptors (Lipinski definition) is 3. The van der Waals surface area contributed by atoms with Crippen LogP contribution in [-0.4, -0.2) is 31.1 Å². The third-order valence-electron chi connectivity index (χ3n) is 2.69. The summed E-state index contributed by atoms with van der Waals surface area (Å²) in [4.78, 5) is 3.76. The largest absolute Gasteiger partial charge is 0.315 e. The fraction of sp³-hybridized carbons (Fsp3) is 0.600. The molecule has 1 fully saturated rings. The second-order valence-corrected chi connectivity index (χ2v) is 5.57. The molecule has 2 nitrogen and oxygen atoms in total. The molecular weight excluding hydrogens is 251 g/mol. The van der Waals surface area contributed by atoms with Gasteiger partial charge in [-0.05, 0) is 32.1 Å². The minimum absolute atomic E-state index is 0. The standard InChI is InChI=1S/C10H15ClN2S.ClH/c1-13(8-4-5-12-6-8)7-9-2-3-10(11)14-9;/h2-3,8,12H,4-7H2,1H3;1H. The van der Waals surface area contributed by atoms with Gasteiger partial charge in [0.2, 0.25) is 0 Å². The van der Waals surface area contributed by atoms with E-state index >= 15 is 0 Å². The van der Waals surface area contributed by atoms with Crippen molar-refractivity contribution in [2.24, 2.45) is 0 Å². The number of halogens is 2. The van der Waals surface area contributed by atoms with Crippen molar-refractivity contribution >= 4 is 35.3 Å². The highest BCUT2D eigenvalue weighted by Crippen LogP contribution is 2.23. The van der Waals surface area contributed by atoms with E-state index in [1.807, 2.05) is 6.07 Å². The average molecular weight is 267 g/mol. The average Bonchev–Trinajstić information content (AvgIpc) is 2.75. The number of thiophene rings is 1. The predicted molar refractivity (Wildman–Crippen MR) is 69.3 cm³/mol. The molecule has 1 aromatic rings. The zero-order chi connectivity index (χ0) is 9.97. The molecule has 2 heterocycles. The lowest BCUT2D eigenvalue weighted by molar-refractivity contribution is 0.251. The minimum Gasteiger partial charge on any atom is -0.315 e. The maximum atomic E-state index is 5.89. The molecule has 0 aliphatic carbocycles. The van der Waals surface area contributed by atoms with Crippen LogP contribution in [0.3, 0.4) is 0 Å². The van der Waals surface area contributed by atoms with Crippen LogP contribution in [-0.2, 0) is 6.54 Å². The molecule has 0 radical (unpaired) electrons. The van der Waals surface area contributed by atoms with Crippen LogP contribution in [0.2, 0.25) is 4.34 Å². The first-order chi connectivity index (χ1) is 6.75. The summed E-state index contributed by atoms with van der Waals surface area (Å²) >= 11 is 7.57. The fourth-order valence-corrected chi connectivity index (χ4v) is 2.98. The Morgan fingerprint density at radius 3 is 2.93 bits per heavy atom. The van der Waals surface area contributed by atoms with Crippen molar-refractivity contribution in [2.45, 2.75) is 19.0 Å². The third-order valence-corrected chi connectivity index (χ3v) is 3.91. The second kappa shape index (κ2) is 6.06. The first-order valence-corrected chi connectivity index (χ1v) is 6.10. The topological polar surface area (TPSA) is 15.3 Å². The summed E-state index contributed by atoms with van der Waals surface area (Å²) in [5.41, 5.74) is 0. The van der Waals surface area contributed by atoms with Crippen LogP contribution in [0.25, 0.3) is 0 Å². The van der Waals surface area contributed by atoms with Gasteiger partial charge in [-0.1, -0.05) is 11.6 Å². The molecule has 0 saturated carbocycles. The van der Waals surface area contributed by atoms with Gasteiger partial charge in [0, 0.05) is 24.0 Å². The van der Waals surface area contributed by atoms with Crippen molar-refractivity contribution in [1.82, 2.24) is 10.2 Å². The Hall–Kier alpha value is 0.200. The van der Waals surface area contributed by atoms with E-state index in [1.54, 1.807) is 11.3 Å². The molecule has 0 bridgehead atoms. The monoisotopic (exact) mass is 266 g/mol. The molecule has 1 aromatic heterocycles. The lowest BCUT2D eigenvalue weighted by Crippen LogP contribution is -2.32. The van der Waals surface area contributed by atoms with E-state index in [4.69, 9.17) is 11.6 Å². The maximum Gasteiger partial charge on any atom is 0.0931 e. The Balaban J connectivity index is 0.00000112. The molecule has 0 aromatic carbocycles. The molecule has 5 heteroatoms. The van der Waals surface area contributed by atoms with Gasteiger partial charge in [-0.25, -0.2) is 0 Å². The van der Waals surface area contributed by atoms with Crippen molar-refractivity contribution in [3.8, 4) is 0 Å². The summed E-state index contributed by atoms with van der Waals surface area (Å²) < 4.78 is 0.887. The summed E-state index contributed by atoms with van der Waals surface area (Å²) in [6, 6.07) is 4.78. The lowest BCUT2D eigenvalue weighted by Gasteiger charge is -2.22. The lowest BCUT2D eigenvalue weighted by atomic mass is 10.2. The van der Waals surface area contributed by atoms with E-state index in [9.17, 15) is 0 Å². The van der Waals surface area contributed by atoms with Crippen LogP contribution in [0.5, 0.6) is 0 Å². The van der Waals surface area contributed by atoms with Crippen molar-refractivity contribution in [2.75, 3.05) is 20.1 Å². The molecule has 1 saturated heterocycles. The molecule has 2 rings (SSSR count). The summed E-state index contributed by atoms with van der Waals surface area (Å²) in [6.45, 7) is 3.29. The van der Waals surface area contributed by atoms with E-state index < -0.39 is 0 Å². The zero-order valence-electron chi connectivity index (χ0n) is 8.70. The number of hydrogen-bond donors (Lipinski definition) is 1. The van der Waals surface area contributed by atoms with E-state index in [-0.39, 0.29) is 12.4 Å². The van der Waals surface area contributed by atoms with Gasteiger partial charge < -0.3 is 5.32 Å². The molecule has 0 amide bonds. The number of nitrogens with zero attached hydrogens (tertiary/aromatic N) is 1. The molecule has 1 N–H and O–H groups in total. The normalized spacial score (nSPS) is 20.6. The summed E-state index contributed by atoms with van der Waals surface area (Å²) in [5, 5.41) is 3.38. The predicted octanol–water partition coefficient (Wildman–Crippen LogP) is 2.62. The van der Waals surface area contributed by atoms with E-state index in [0.29, 0.717) is 6.04 Å². The molecule has 86 valence electrons. The Labute approximate surface area is 106 Å². The van der Waals surface area contributed by atoms with Crippen LogP contribution in [0, 0.1) is 0 Å². The molecular formula is C10H16Cl2N2S. The van der Waals surface area contributed by atoms with Crippen molar-refractivity contribution < 1.29 is 0 Å². The fourth-order valence-electron chi connectivity index (χ4n) is 1.83. The second-order valence-electron chi connectivity index (χ2n) is 3.77. The van der Waals surface area contributed by atoms with Crippen molar-refractivity contribution in [1.29, 1.82) is 0 Å². The number of rotatable bonds is 3. The Kier molecular flexibility index (Phi) is 5.36. The first-order valence-electron chi connectivity index (χ1n) is 4.91. The van der Waals surface area contributed by atoms with E-state index in [0.717, 1.165) is 24.0 Å². The summed E-state index contributed by atoms with van der Waals surface area (Å²) in [6.07, 6.45) is 1.26. The highest BCUT2D eigenvalue weighted by Gasteiger charge is 2.19. The van der Waals surface area contributed by atoms with Crippen molar-refractivity contribution in [3.63, 3.8) is 0 Å². The Bertz CT molecular complexity index is 297. The quantitative estimate of drug-likeness (QED) is 0.905. The summed E-state index contributed by atoms with van der Waals surface area (Å²) in [5.74, 6) is 0. The Morgan fingerprint density at radius 2 is 2.40 bits per heavy atom.